The monoisotopic (exact) mass is 487 g/mol. The number of aromatic nitrogens is 3. The van der Waals surface area contributed by atoms with Gasteiger partial charge in [0.1, 0.15) is 5.75 Å². The van der Waals surface area contributed by atoms with Crippen molar-refractivity contribution in [2.24, 2.45) is 0 Å². The molecule has 1 aliphatic rings. The Kier molecular flexibility index (Phi) is 5.63. The first-order valence-electron chi connectivity index (χ1n) is 11.5. The Morgan fingerprint density at radius 2 is 1.83 bits per heavy atom. The molecule has 1 unspecified atom stereocenters. The maximum atomic E-state index is 11.3. The van der Waals surface area contributed by atoms with Crippen molar-refractivity contribution in [3.8, 4) is 23.2 Å². The lowest BCUT2D eigenvalue weighted by Crippen LogP contribution is -2.47. The summed E-state index contributed by atoms with van der Waals surface area (Å²) in [6.07, 6.45) is 1.59. The number of ether oxygens (including phenoxy) is 1. The van der Waals surface area contributed by atoms with Gasteiger partial charge in [0.2, 0.25) is 16.7 Å². The highest BCUT2D eigenvalue weighted by atomic mass is 32.1. The minimum atomic E-state index is -0.149. The highest BCUT2D eigenvalue weighted by Gasteiger charge is 2.32. The van der Waals surface area contributed by atoms with E-state index in [4.69, 9.17) is 9.15 Å². The Hall–Kier alpha value is -3.82. The largest absolute Gasteiger partial charge is 0.497 e. The van der Waals surface area contributed by atoms with Gasteiger partial charge in [0.05, 0.1) is 24.3 Å². The van der Waals surface area contributed by atoms with Gasteiger partial charge < -0.3 is 19.2 Å². The summed E-state index contributed by atoms with van der Waals surface area (Å²) in [6.45, 7) is 3.49. The van der Waals surface area contributed by atoms with Crippen LogP contribution in [0.4, 0.5) is 5.69 Å². The third kappa shape index (κ3) is 4.02. The van der Waals surface area contributed by atoms with Gasteiger partial charge in [-0.15, -0.1) is 5.10 Å². The first-order chi connectivity index (χ1) is 17.2. The molecular formula is C26H25N5O3S. The van der Waals surface area contributed by atoms with Crippen LogP contribution >= 0.6 is 11.3 Å². The molecule has 9 heteroatoms. The van der Waals surface area contributed by atoms with Gasteiger partial charge in [-0.05, 0) is 42.0 Å². The fraction of sp³-hybridized carbons (Fsp3) is 0.231. The number of methoxy groups -OCH3 is 1. The average molecular weight is 488 g/mol. The number of furan rings is 1. The minimum absolute atomic E-state index is 0.105. The van der Waals surface area contributed by atoms with Crippen molar-refractivity contribution in [1.29, 1.82) is 0 Å². The summed E-state index contributed by atoms with van der Waals surface area (Å²) >= 11 is 1.45. The van der Waals surface area contributed by atoms with Crippen LogP contribution in [0.1, 0.15) is 16.5 Å². The predicted octanol–water partition coefficient (Wildman–Crippen LogP) is 4.68. The zero-order valence-electron chi connectivity index (χ0n) is 19.2. The standard InChI is InChI=1S/C26H25N5O3S/c1-33-20-10-5-7-18(17-20)22(30-14-12-29(13-15-30)19-8-3-2-4-9-19)23-25(32)31-26(35-23)27-24(28-31)21-11-6-16-34-21/h2-11,16-17,22,32H,12-15H2,1H3. The van der Waals surface area contributed by atoms with Gasteiger partial charge >= 0.3 is 0 Å². The summed E-state index contributed by atoms with van der Waals surface area (Å²) in [5.41, 5.74) is 2.29. The van der Waals surface area contributed by atoms with Gasteiger partial charge in [0, 0.05) is 31.9 Å². The first-order valence-corrected chi connectivity index (χ1v) is 12.3. The molecule has 3 aromatic heterocycles. The number of aromatic hydroxyl groups is 1. The van der Waals surface area contributed by atoms with Gasteiger partial charge in [-0.1, -0.05) is 41.7 Å². The number of fused-ring (bicyclic) bond motifs is 1. The number of thiazole rings is 1. The second-order valence-corrected chi connectivity index (χ2v) is 9.44. The van der Waals surface area contributed by atoms with E-state index in [0.29, 0.717) is 16.5 Å². The zero-order chi connectivity index (χ0) is 23.8. The molecular weight excluding hydrogens is 462 g/mol. The van der Waals surface area contributed by atoms with E-state index < -0.39 is 0 Å². The topological polar surface area (TPSA) is 79.3 Å². The number of anilines is 1. The maximum Gasteiger partial charge on any atom is 0.230 e. The average Bonchev–Trinajstić information content (AvgIpc) is 3.64. The third-order valence-corrected chi connectivity index (χ3v) is 7.47. The van der Waals surface area contributed by atoms with Crippen molar-refractivity contribution < 1.29 is 14.3 Å². The number of hydrogen-bond donors (Lipinski definition) is 1. The van der Waals surface area contributed by atoms with Crippen LogP contribution in [0.3, 0.4) is 0 Å². The SMILES string of the molecule is COc1cccc(C(c2sc3nc(-c4ccco4)nn3c2O)N2CCN(c3ccccc3)CC2)c1. The van der Waals surface area contributed by atoms with Crippen LogP contribution in [0.2, 0.25) is 0 Å². The van der Waals surface area contributed by atoms with E-state index in [-0.39, 0.29) is 11.9 Å². The van der Waals surface area contributed by atoms with E-state index in [1.807, 2.05) is 30.3 Å². The highest BCUT2D eigenvalue weighted by molar-refractivity contribution is 7.17. The number of piperazine rings is 1. The van der Waals surface area contributed by atoms with Crippen LogP contribution in [-0.4, -0.2) is 57.9 Å². The molecule has 0 bridgehead atoms. The zero-order valence-corrected chi connectivity index (χ0v) is 20.1. The van der Waals surface area contributed by atoms with E-state index >= 15 is 0 Å². The van der Waals surface area contributed by atoms with Crippen LogP contribution in [0, 0.1) is 0 Å². The fourth-order valence-electron chi connectivity index (χ4n) is 4.66. The van der Waals surface area contributed by atoms with Crippen LogP contribution < -0.4 is 9.64 Å². The molecule has 2 aromatic carbocycles. The molecule has 4 heterocycles. The molecule has 1 fully saturated rings. The van der Waals surface area contributed by atoms with Crippen molar-refractivity contribution in [2.45, 2.75) is 6.04 Å². The lowest BCUT2D eigenvalue weighted by Gasteiger charge is -2.40. The van der Waals surface area contributed by atoms with Crippen molar-refractivity contribution in [1.82, 2.24) is 19.5 Å². The molecule has 6 rings (SSSR count). The summed E-state index contributed by atoms with van der Waals surface area (Å²) < 4.78 is 12.4. The number of rotatable bonds is 6. The Morgan fingerprint density at radius 3 is 2.54 bits per heavy atom. The number of hydrogen-bond acceptors (Lipinski definition) is 8. The lowest BCUT2D eigenvalue weighted by molar-refractivity contribution is 0.211. The van der Waals surface area contributed by atoms with E-state index in [9.17, 15) is 5.11 Å². The normalized spacial score (nSPS) is 15.5. The molecule has 8 nitrogen and oxygen atoms in total. The molecule has 1 aliphatic heterocycles. The van der Waals surface area contributed by atoms with Gasteiger partial charge in [0.25, 0.3) is 0 Å². The van der Waals surface area contributed by atoms with Gasteiger partial charge in [-0.2, -0.15) is 9.50 Å². The maximum absolute atomic E-state index is 11.3. The Balaban J connectivity index is 1.36. The predicted molar refractivity (Wildman–Crippen MR) is 135 cm³/mol. The molecule has 0 saturated carbocycles. The molecule has 0 aliphatic carbocycles. The van der Waals surface area contributed by atoms with E-state index in [0.717, 1.165) is 42.4 Å². The molecule has 1 N–H and O–H groups in total. The number of nitrogens with zero attached hydrogens (tertiary/aromatic N) is 5. The summed E-state index contributed by atoms with van der Waals surface area (Å²) in [6, 6.07) is 22.0. The van der Waals surface area contributed by atoms with Crippen LogP contribution in [0.25, 0.3) is 16.5 Å². The second-order valence-electron chi connectivity index (χ2n) is 8.43. The van der Waals surface area contributed by atoms with E-state index in [2.05, 4.69) is 50.2 Å². The minimum Gasteiger partial charge on any atom is -0.497 e. The number of para-hydroxylation sites is 1. The summed E-state index contributed by atoms with van der Waals surface area (Å²) in [5.74, 6) is 1.92. The molecule has 0 spiro atoms. The fourth-order valence-corrected chi connectivity index (χ4v) is 5.77. The quantitative estimate of drug-likeness (QED) is 0.373. The summed E-state index contributed by atoms with van der Waals surface area (Å²) in [4.78, 5) is 10.9. The molecule has 178 valence electrons. The van der Waals surface area contributed by atoms with Crippen LogP contribution in [0.15, 0.2) is 77.4 Å². The Morgan fingerprint density at radius 1 is 1.00 bits per heavy atom. The molecule has 0 amide bonds. The lowest BCUT2D eigenvalue weighted by atomic mass is 10.0. The second kappa shape index (κ2) is 9.09. The Bertz CT molecular complexity index is 1420. The van der Waals surface area contributed by atoms with Gasteiger partial charge in [0.15, 0.2) is 5.76 Å². The number of benzene rings is 2. The van der Waals surface area contributed by atoms with Crippen LogP contribution in [0.5, 0.6) is 11.6 Å². The van der Waals surface area contributed by atoms with Crippen molar-refractivity contribution in [2.75, 3.05) is 38.2 Å². The van der Waals surface area contributed by atoms with E-state index in [1.165, 1.54) is 21.5 Å². The van der Waals surface area contributed by atoms with Crippen molar-refractivity contribution in [3.05, 3.63) is 83.4 Å². The highest BCUT2D eigenvalue weighted by Crippen LogP contribution is 2.41. The van der Waals surface area contributed by atoms with E-state index in [1.54, 1.807) is 19.4 Å². The summed E-state index contributed by atoms with van der Waals surface area (Å²) in [5, 5.41) is 15.8. The van der Waals surface area contributed by atoms with Crippen molar-refractivity contribution >= 4 is 22.0 Å². The molecule has 1 saturated heterocycles. The molecule has 0 radical (unpaired) electrons. The van der Waals surface area contributed by atoms with Gasteiger partial charge in [-0.25, -0.2) is 0 Å². The van der Waals surface area contributed by atoms with Crippen molar-refractivity contribution in [3.63, 3.8) is 0 Å². The molecule has 35 heavy (non-hydrogen) atoms. The smallest absolute Gasteiger partial charge is 0.230 e. The third-order valence-electron chi connectivity index (χ3n) is 6.40. The first kappa shape index (κ1) is 21.7. The summed E-state index contributed by atoms with van der Waals surface area (Å²) in [7, 11) is 1.67. The molecule has 1 atom stereocenters. The van der Waals surface area contributed by atoms with Gasteiger partial charge in [-0.3, -0.25) is 4.90 Å². The Labute approximate surface area is 206 Å². The van der Waals surface area contributed by atoms with Crippen LogP contribution in [-0.2, 0) is 0 Å². The molecule has 5 aromatic rings.